The summed E-state index contributed by atoms with van der Waals surface area (Å²) in [6.07, 6.45) is 2.04. The summed E-state index contributed by atoms with van der Waals surface area (Å²) in [6.45, 7) is 2.40. The summed E-state index contributed by atoms with van der Waals surface area (Å²) in [4.78, 5) is 8.25. The smallest absolute Gasteiger partial charge is 0.396 e. The Hall–Kier alpha value is -0.243. The predicted molar refractivity (Wildman–Crippen MR) is 32.4 cm³/mol. The minimum Gasteiger partial charge on any atom is -0.396 e. The molecule has 0 aliphatic heterocycles. The minimum atomic E-state index is -1.75. The van der Waals surface area contributed by atoms with Crippen LogP contribution in [0, 0.1) is 15.3 Å². The molecule has 0 aliphatic rings. The molecule has 6 heteroatoms. The second-order valence-electron chi connectivity index (χ2n) is 1.30. The number of aliphatic hydroxyl groups is 1. The Morgan fingerprint density at radius 3 is 1.80 bits per heavy atom. The third kappa shape index (κ3) is 115. The van der Waals surface area contributed by atoms with Crippen LogP contribution in [-0.4, -0.2) is 16.8 Å². The fourth-order valence-corrected chi connectivity index (χ4v) is 0.158. The Bertz CT molecular complexity index is 64.3. The van der Waals surface area contributed by atoms with E-state index in [0.717, 1.165) is 12.8 Å². The van der Waals surface area contributed by atoms with Crippen molar-refractivity contribution in [3.05, 3.63) is 15.3 Å². The molecule has 0 saturated carbocycles. The molecule has 0 aromatic heterocycles. The fourth-order valence-electron chi connectivity index (χ4n) is 0.158. The first-order valence-corrected chi connectivity index (χ1v) is 2.57. The van der Waals surface area contributed by atoms with Gasteiger partial charge in [-0.2, -0.15) is 0 Å². The van der Waals surface area contributed by atoms with E-state index in [9.17, 15) is 0 Å². The molecule has 0 heterocycles. The van der Waals surface area contributed by atoms with Gasteiger partial charge in [0.05, 0.1) is 5.09 Å². The van der Waals surface area contributed by atoms with Crippen molar-refractivity contribution in [3.8, 4) is 0 Å². The van der Waals surface area contributed by atoms with Crippen LogP contribution >= 0.6 is 0 Å². The van der Waals surface area contributed by atoms with Gasteiger partial charge in [-0.1, -0.05) is 13.3 Å². The first-order valence-electron chi connectivity index (χ1n) is 2.57. The normalized spacial score (nSPS) is 6.60. The maximum absolute atomic E-state index is 8.25. The third-order valence-electron chi connectivity index (χ3n) is 0.512. The quantitative estimate of drug-likeness (QED) is 0.264. The molecular weight excluding hydrogens is 133 g/mol. The Morgan fingerprint density at radius 2 is 1.80 bits per heavy atom. The topological polar surface area (TPSA) is 86.4 Å². The SMILES string of the molecule is CCCCO.O=[N+]([O-])[O-].[Li+]. The maximum atomic E-state index is 8.25. The van der Waals surface area contributed by atoms with E-state index in [4.69, 9.17) is 20.4 Å². The molecule has 0 rings (SSSR count). The van der Waals surface area contributed by atoms with Crippen molar-refractivity contribution in [2.75, 3.05) is 6.61 Å². The molecule has 0 amide bonds. The van der Waals surface area contributed by atoms with Gasteiger partial charge in [-0.3, -0.25) is 0 Å². The molecule has 0 spiro atoms. The van der Waals surface area contributed by atoms with Crippen molar-refractivity contribution in [2.45, 2.75) is 19.8 Å². The van der Waals surface area contributed by atoms with Crippen LogP contribution in [0.1, 0.15) is 19.8 Å². The molecule has 10 heavy (non-hydrogen) atoms. The maximum Gasteiger partial charge on any atom is 1.00 e. The Balaban J connectivity index is -0.0000000910. The van der Waals surface area contributed by atoms with E-state index in [1.807, 2.05) is 0 Å². The summed E-state index contributed by atoms with van der Waals surface area (Å²) >= 11 is 0. The number of aliphatic hydroxyl groups excluding tert-OH is 1. The molecule has 0 fully saturated rings. The van der Waals surface area contributed by atoms with Crippen LogP contribution in [-0.2, 0) is 0 Å². The van der Waals surface area contributed by atoms with Crippen molar-refractivity contribution >= 4 is 0 Å². The zero-order valence-electron chi connectivity index (χ0n) is 6.24. The van der Waals surface area contributed by atoms with Crippen LogP contribution in [0.15, 0.2) is 0 Å². The Morgan fingerprint density at radius 1 is 1.50 bits per heavy atom. The second kappa shape index (κ2) is 15.9. The predicted octanol–water partition coefficient (Wildman–Crippen LogP) is -2.46. The van der Waals surface area contributed by atoms with Crippen LogP contribution in [0.2, 0.25) is 0 Å². The van der Waals surface area contributed by atoms with Crippen LogP contribution in [0.25, 0.3) is 0 Å². The average Bonchev–Trinajstić information content (AvgIpc) is 1.66. The van der Waals surface area contributed by atoms with Gasteiger partial charge in [0, 0.05) is 6.61 Å². The van der Waals surface area contributed by atoms with Crippen LogP contribution < -0.4 is 18.9 Å². The molecule has 0 atom stereocenters. The van der Waals surface area contributed by atoms with Gasteiger partial charge < -0.3 is 20.4 Å². The average molecular weight is 143 g/mol. The van der Waals surface area contributed by atoms with Gasteiger partial charge in [0.2, 0.25) is 0 Å². The van der Waals surface area contributed by atoms with E-state index in [0.29, 0.717) is 6.61 Å². The van der Waals surface area contributed by atoms with Crippen LogP contribution in [0.4, 0.5) is 0 Å². The molecular formula is C4H10LiNO4. The number of unbranched alkanes of at least 4 members (excludes halogenated alkanes) is 1. The molecule has 1 N–H and O–H groups in total. The van der Waals surface area contributed by atoms with Gasteiger partial charge in [-0.15, -0.1) is 0 Å². The largest absolute Gasteiger partial charge is 1.00 e. The summed E-state index contributed by atoms with van der Waals surface area (Å²) in [5.74, 6) is 0. The molecule has 0 aromatic rings. The van der Waals surface area contributed by atoms with Crippen molar-refractivity contribution in [2.24, 2.45) is 0 Å². The molecule has 0 aliphatic carbocycles. The molecule has 0 bridgehead atoms. The van der Waals surface area contributed by atoms with E-state index < -0.39 is 5.09 Å². The second-order valence-corrected chi connectivity index (χ2v) is 1.30. The third-order valence-corrected chi connectivity index (χ3v) is 0.512. The van der Waals surface area contributed by atoms with Crippen molar-refractivity contribution in [1.29, 1.82) is 0 Å². The molecule has 56 valence electrons. The summed E-state index contributed by atoms with van der Waals surface area (Å²) in [7, 11) is 0. The van der Waals surface area contributed by atoms with Crippen molar-refractivity contribution < 1.29 is 29.1 Å². The van der Waals surface area contributed by atoms with Gasteiger partial charge in [0.25, 0.3) is 0 Å². The summed E-state index contributed by atoms with van der Waals surface area (Å²) in [5, 5.41) is 22.8. The van der Waals surface area contributed by atoms with Gasteiger partial charge >= 0.3 is 18.9 Å². The van der Waals surface area contributed by atoms with Crippen molar-refractivity contribution in [3.63, 3.8) is 0 Å². The zero-order valence-corrected chi connectivity index (χ0v) is 6.24. The standard InChI is InChI=1S/C4H10O.Li.NO3/c1-2-3-4-5;;2-1(3)4/h5H,2-4H2,1H3;;/q;+1;-1. The van der Waals surface area contributed by atoms with Crippen LogP contribution in [0.3, 0.4) is 0 Å². The number of rotatable bonds is 2. The molecule has 5 nitrogen and oxygen atoms in total. The molecule has 0 radical (unpaired) electrons. The van der Waals surface area contributed by atoms with E-state index in [1.165, 1.54) is 0 Å². The summed E-state index contributed by atoms with van der Waals surface area (Å²) < 4.78 is 0. The first kappa shape index (κ1) is 16.4. The number of nitrogens with zero attached hydrogens (tertiary/aromatic N) is 1. The van der Waals surface area contributed by atoms with Crippen molar-refractivity contribution in [1.82, 2.24) is 0 Å². The first-order chi connectivity index (χ1) is 4.15. The van der Waals surface area contributed by atoms with E-state index in [1.54, 1.807) is 0 Å². The monoisotopic (exact) mass is 143 g/mol. The number of hydrogen-bond donors (Lipinski definition) is 1. The molecule has 0 aromatic carbocycles. The molecule has 0 unspecified atom stereocenters. The van der Waals surface area contributed by atoms with Gasteiger partial charge in [0.1, 0.15) is 0 Å². The zero-order chi connectivity index (χ0) is 7.70. The van der Waals surface area contributed by atoms with Gasteiger partial charge in [-0.25, -0.2) is 0 Å². The Labute approximate surface area is 71.3 Å². The van der Waals surface area contributed by atoms with E-state index in [2.05, 4.69) is 6.92 Å². The molecule has 0 saturated heterocycles. The van der Waals surface area contributed by atoms with E-state index in [-0.39, 0.29) is 18.9 Å². The summed E-state index contributed by atoms with van der Waals surface area (Å²) in [6, 6.07) is 0. The van der Waals surface area contributed by atoms with Gasteiger partial charge in [-0.05, 0) is 6.42 Å². The fraction of sp³-hybridized carbons (Fsp3) is 1.00. The van der Waals surface area contributed by atoms with Crippen LogP contribution in [0.5, 0.6) is 0 Å². The van der Waals surface area contributed by atoms with Gasteiger partial charge in [0.15, 0.2) is 0 Å². The minimum absolute atomic E-state index is 0. The van der Waals surface area contributed by atoms with E-state index >= 15 is 0 Å². The number of hydrogen-bond acceptors (Lipinski definition) is 4. The summed E-state index contributed by atoms with van der Waals surface area (Å²) in [5.41, 5.74) is 0. The Kier molecular flexibility index (Phi) is 26.1.